The van der Waals surface area contributed by atoms with Crippen LogP contribution in [0.4, 0.5) is 4.39 Å². The lowest BCUT2D eigenvalue weighted by Gasteiger charge is -2.31. The van der Waals surface area contributed by atoms with Gasteiger partial charge in [-0.15, -0.1) is 0 Å². The summed E-state index contributed by atoms with van der Waals surface area (Å²) in [4.78, 5) is 43.8. The Bertz CT molecular complexity index is 1250. The normalized spacial score (nSPS) is 15.4. The van der Waals surface area contributed by atoms with Gasteiger partial charge in [0.2, 0.25) is 0 Å². The molecule has 3 aromatic rings. The molecule has 0 saturated carbocycles. The van der Waals surface area contributed by atoms with Crippen LogP contribution in [0.25, 0.3) is 11.2 Å². The van der Waals surface area contributed by atoms with Gasteiger partial charge in [0, 0.05) is 32.1 Å². The summed E-state index contributed by atoms with van der Waals surface area (Å²) in [5, 5.41) is 0. The summed E-state index contributed by atoms with van der Waals surface area (Å²) in [6.45, 7) is 3.46. The fourth-order valence-corrected chi connectivity index (χ4v) is 4.63. The van der Waals surface area contributed by atoms with Crippen molar-refractivity contribution in [1.29, 1.82) is 0 Å². The van der Waals surface area contributed by atoms with E-state index in [4.69, 9.17) is 0 Å². The Kier molecular flexibility index (Phi) is 6.88. The van der Waals surface area contributed by atoms with E-state index in [1.807, 2.05) is 4.57 Å². The summed E-state index contributed by atoms with van der Waals surface area (Å²) in [5.74, 6) is -0.193. The Morgan fingerprint density at radius 2 is 1.67 bits per heavy atom. The van der Waals surface area contributed by atoms with E-state index in [2.05, 4.69) is 9.88 Å². The first-order valence-electron chi connectivity index (χ1n) is 11.5. The number of unbranched alkanes of at least 4 members (excludes halogenated alkanes) is 2. The fraction of sp³-hybridized carbons (Fsp3) is 0.500. The third kappa shape index (κ3) is 4.83. The molecule has 8 nitrogen and oxygen atoms in total. The van der Waals surface area contributed by atoms with Crippen molar-refractivity contribution < 1.29 is 9.18 Å². The summed E-state index contributed by atoms with van der Waals surface area (Å²) in [6.07, 6.45) is 6.27. The molecule has 0 bridgehead atoms. The maximum atomic E-state index is 13.1. The summed E-state index contributed by atoms with van der Waals surface area (Å²) in [6, 6.07) is 5.83. The largest absolute Gasteiger partial charge is 0.332 e. The molecule has 0 unspecified atom stereocenters. The predicted molar refractivity (Wildman–Crippen MR) is 124 cm³/mol. The minimum atomic E-state index is -0.374. The zero-order chi connectivity index (χ0) is 23.5. The molecule has 1 saturated heterocycles. The number of nitrogens with zero attached hydrogens (tertiary/aromatic N) is 5. The summed E-state index contributed by atoms with van der Waals surface area (Å²) in [5.41, 5.74) is 0.787. The number of halogens is 1. The minimum absolute atomic E-state index is 0.0137. The number of likely N-dealkylation sites (tertiary alicyclic amines) is 1. The summed E-state index contributed by atoms with van der Waals surface area (Å²) < 4.78 is 17.4. The first-order valence-corrected chi connectivity index (χ1v) is 11.5. The number of benzene rings is 1. The number of piperidine rings is 1. The number of carbonyl (C=O) groups excluding carboxylic acids is 1. The first kappa shape index (κ1) is 23.1. The van der Waals surface area contributed by atoms with Crippen molar-refractivity contribution in [3.05, 3.63) is 62.8 Å². The Balaban J connectivity index is 1.22. The van der Waals surface area contributed by atoms with E-state index in [9.17, 15) is 18.8 Å². The SMILES string of the molecule is Cn1c(=O)c2c(ncn2CCCCCN2CCC(C(=O)c3ccc(F)cc3)CC2)n(C)c1=O. The number of hydrogen-bond acceptors (Lipinski definition) is 5. The number of rotatable bonds is 8. The fourth-order valence-electron chi connectivity index (χ4n) is 4.63. The molecule has 0 radical (unpaired) electrons. The standard InChI is InChI=1S/C24H30FN5O3/c1-27-22-20(23(32)28(2)24(27)33)30(16-26-22)13-5-3-4-12-29-14-10-18(11-15-29)21(31)17-6-8-19(25)9-7-17/h6-9,16,18H,3-5,10-15H2,1-2H3. The van der Waals surface area contributed by atoms with Crippen LogP contribution in [0, 0.1) is 11.7 Å². The van der Waals surface area contributed by atoms with Crippen LogP contribution in [0.2, 0.25) is 0 Å². The molecule has 176 valence electrons. The molecule has 4 rings (SSSR count). The number of aromatic nitrogens is 4. The number of fused-ring (bicyclic) bond motifs is 1. The van der Waals surface area contributed by atoms with Crippen LogP contribution in [-0.2, 0) is 20.6 Å². The van der Waals surface area contributed by atoms with Crippen molar-refractivity contribution in [3.8, 4) is 0 Å². The van der Waals surface area contributed by atoms with Crippen LogP contribution in [0.1, 0.15) is 42.5 Å². The molecule has 3 heterocycles. The van der Waals surface area contributed by atoms with Gasteiger partial charge in [-0.05, 0) is 69.6 Å². The van der Waals surface area contributed by atoms with Gasteiger partial charge in [-0.3, -0.25) is 18.7 Å². The minimum Gasteiger partial charge on any atom is -0.325 e. The molecule has 33 heavy (non-hydrogen) atoms. The summed E-state index contributed by atoms with van der Waals surface area (Å²) >= 11 is 0. The molecule has 9 heteroatoms. The Labute approximate surface area is 191 Å². The molecule has 0 spiro atoms. The van der Waals surface area contributed by atoms with Gasteiger partial charge in [0.15, 0.2) is 16.9 Å². The topological polar surface area (TPSA) is 82.1 Å². The average molecular weight is 456 g/mol. The smallest absolute Gasteiger partial charge is 0.325 e. The van der Waals surface area contributed by atoms with Gasteiger partial charge in [-0.25, -0.2) is 14.2 Å². The van der Waals surface area contributed by atoms with Crippen LogP contribution < -0.4 is 11.2 Å². The molecule has 1 aromatic carbocycles. The van der Waals surface area contributed by atoms with E-state index in [0.717, 1.165) is 56.3 Å². The van der Waals surface area contributed by atoms with Crippen molar-refractivity contribution in [3.63, 3.8) is 0 Å². The first-order chi connectivity index (χ1) is 15.9. The van der Waals surface area contributed by atoms with Gasteiger partial charge in [0.1, 0.15) is 5.82 Å². The van der Waals surface area contributed by atoms with Crippen molar-refractivity contribution in [2.24, 2.45) is 20.0 Å². The van der Waals surface area contributed by atoms with Crippen molar-refractivity contribution >= 4 is 16.9 Å². The van der Waals surface area contributed by atoms with Gasteiger partial charge < -0.3 is 9.47 Å². The average Bonchev–Trinajstić information content (AvgIpc) is 3.26. The number of imidazole rings is 1. The maximum absolute atomic E-state index is 13.1. The quantitative estimate of drug-likeness (QED) is 0.385. The maximum Gasteiger partial charge on any atom is 0.332 e. The van der Waals surface area contributed by atoms with Crippen LogP contribution in [0.5, 0.6) is 0 Å². The second-order valence-electron chi connectivity index (χ2n) is 8.86. The predicted octanol–water partition coefficient (Wildman–Crippen LogP) is 2.34. The molecule has 1 aliphatic heterocycles. The highest BCUT2D eigenvalue weighted by Crippen LogP contribution is 2.22. The molecule has 1 fully saturated rings. The number of Topliss-reactive ketones (excluding diaryl/α,β-unsaturated/α-hetero) is 1. The van der Waals surface area contributed by atoms with Crippen LogP contribution >= 0.6 is 0 Å². The van der Waals surface area contributed by atoms with Gasteiger partial charge in [-0.2, -0.15) is 0 Å². The Morgan fingerprint density at radius 1 is 1.00 bits per heavy atom. The lowest BCUT2D eigenvalue weighted by Crippen LogP contribution is -2.37. The van der Waals surface area contributed by atoms with Gasteiger partial charge >= 0.3 is 5.69 Å². The third-order valence-corrected chi connectivity index (χ3v) is 6.68. The zero-order valence-corrected chi connectivity index (χ0v) is 19.2. The van der Waals surface area contributed by atoms with E-state index in [0.29, 0.717) is 23.3 Å². The van der Waals surface area contributed by atoms with Crippen LogP contribution in [-0.4, -0.2) is 49.0 Å². The van der Waals surface area contributed by atoms with E-state index in [1.165, 1.54) is 23.7 Å². The number of hydrogen-bond donors (Lipinski definition) is 0. The second kappa shape index (κ2) is 9.82. The molecule has 2 aromatic heterocycles. The van der Waals surface area contributed by atoms with Gasteiger partial charge in [0.05, 0.1) is 6.33 Å². The molecular formula is C24H30FN5O3. The van der Waals surface area contributed by atoms with Gasteiger partial charge in [-0.1, -0.05) is 6.42 Å². The summed E-state index contributed by atoms with van der Waals surface area (Å²) in [7, 11) is 3.11. The van der Waals surface area contributed by atoms with Crippen LogP contribution in [0.15, 0.2) is 40.2 Å². The lowest BCUT2D eigenvalue weighted by atomic mass is 9.89. The number of carbonyl (C=O) groups is 1. The van der Waals surface area contributed by atoms with Crippen LogP contribution in [0.3, 0.4) is 0 Å². The van der Waals surface area contributed by atoms with E-state index < -0.39 is 0 Å². The van der Waals surface area contributed by atoms with E-state index >= 15 is 0 Å². The highest BCUT2D eigenvalue weighted by molar-refractivity contribution is 5.97. The molecule has 0 N–H and O–H groups in total. The van der Waals surface area contributed by atoms with E-state index in [-0.39, 0.29) is 28.8 Å². The molecule has 0 aliphatic carbocycles. The highest BCUT2D eigenvalue weighted by Gasteiger charge is 2.25. The van der Waals surface area contributed by atoms with Crippen molar-refractivity contribution in [1.82, 2.24) is 23.6 Å². The molecule has 1 aliphatic rings. The zero-order valence-electron chi connectivity index (χ0n) is 19.2. The third-order valence-electron chi connectivity index (χ3n) is 6.68. The highest BCUT2D eigenvalue weighted by atomic mass is 19.1. The van der Waals surface area contributed by atoms with Gasteiger partial charge in [0.25, 0.3) is 5.56 Å². The number of aryl methyl sites for hydroxylation is 2. The second-order valence-corrected chi connectivity index (χ2v) is 8.86. The molecule has 0 atom stereocenters. The Hall–Kier alpha value is -3.07. The number of ketones is 1. The monoisotopic (exact) mass is 455 g/mol. The molecular weight excluding hydrogens is 425 g/mol. The van der Waals surface area contributed by atoms with Crippen molar-refractivity contribution in [2.75, 3.05) is 19.6 Å². The molecule has 0 amide bonds. The van der Waals surface area contributed by atoms with Crippen molar-refractivity contribution in [2.45, 2.75) is 38.6 Å². The van der Waals surface area contributed by atoms with E-state index in [1.54, 1.807) is 25.5 Å². The lowest BCUT2D eigenvalue weighted by molar-refractivity contribution is 0.0838. The Morgan fingerprint density at radius 3 is 2.36 bits per heavy atom.